The molecule has 0 spiro atoms. The number of methoxy groups -OCH3 is 1. The Kier molecular flexibility index (Phi) is 5.78. The number of aryl methyl sites for hydroxylation is 3. The Bertz CT molecular complexity index is 717. The van der Waals surface area contributed by atoms with E-state index in [1.807, 2.05) is 33.9 Å². The number of aromatic nitrogens is 2. The van der Waals surface area contributed by atoms with Crippen molar-refractivity contribution in [3.8, 4) is 5.75 Å². The number of guanidine groups is 1. The van der Waals surface area contributed by atoms with Crippen molar-refractivity contribution in [2.45, 2.75) is 40.8 Å². The molecule has 24 heavy (non-hydrogen) atoms. The first-order chi connectivity index (χ1) is 11.5. The van der Waals surface area contributed by atoms with Crippen LogP contribution in [-0.2, 0) is 13.1 Å². The highest BCUT2D eigenvalue weighted by atomic mass is 16.5. The maximum atomic E-state index is 5.55. The van der Waals surface area contributed by atoms with E-state index in [0.29, 0.717) is 24.9 Å². The minimum Gasteiger partial charge on any atom is -0.496 e. The summed E-state index contributed by atoms with van der Waals surface area (Å²) in [6.45, 7) is 8.83. The lowest BCUT2D eigenvalue weighted by atomic mass is 10.1. The molecule has 0 atom stereocenters. The van der Waals surface area contributed by atoms with Crippen LogP contribution >= 0.6 is 0 Å². The molecule has 0 saturated heterocycles. The summed E-state index contributed by atoms with van der Waals surface area (Å²) in [6, 6.07) is 0. The maximum Gasteiger partial charge on any atom is 0.214 e. The number of ether oxygens (including phenoxy) is 1. The smallest absolute Gasteiger partial charge is 0.214 e. The maximum absolute atomic E-state index is 5.55. The summed E-state index contributed by atoms with van der Waals surface area (Å²) >= 11 is 0. The second-order valence-electron chi connectivity index (χ2n) is 5.57. The van der Waals surface area contributed by atoms with Gasteiger partial charge < -0.3 is 19.8 Å². The summed E-state index contributed by atoms with van der Waals surface area (Å²) in [4.78, 5) is 13.0. The fourth-order valence-corrected chi connectivity index (χ4v) is 2.41. The molecule has 130 valence electrons. The number of nitrogens with one attached hydrogen (secondary N) is 2. The van der Waals surface area contributed by atoms with Crippen LogP contribution in [0.1, 0.15) is 34.2 Å². The van der Waals surface area contributed by atoms with Gasteiger partial charge in [0.1, 0.15) is 11.5 Å². The Morgan fingerprint density at radius 3 is 2.50 bits per heavy atom. The van der Waals surface area contributed by atoms with E-state index in [0.717, 1.165) is 34.0 Å². The van der Waals surface area contributed by atoms with Gasteiger partial charge in [0.25, 0.3) is 0 Å². The summed E-state index contributed by atoms with van der Waals surface area (Å²) < 4.78 is 11.0. The molecule has 0 amide bonds. The third-order valence-corrected chi connectivity index (χ3v) is 3.88. The van der Waals surface area contributed by atoms with E-state index < -0.39 is 0 Å². The zero-order valence-corrected chi connectivity index (χ0v) is 15.1. The van der Waals surface area contributed by atoms with Crippen molar-refractivity contribution < 1.29 is 9.15 Å². The van der Waals surface area contributed by atoms with Crippen LogP contribution in [0.2, 0.25) is 0 Å². The van der Waals surface area contributed by atoms with Gasteiger partial charge in [0.05, 0.1) is 31.6 Å². The zero-order valence-electron chi connectivity index (χ0n) is 15.1. The Morgan fingerprint density at radius 1 is 1.21 bits per heavy atom. The monoisotopic (exact) mass is 331 g/mol. The first-order valence-corrected chi connectivity index (χ1v) is 7.82. The highest BCUT2D eigenvalue weighted by Crippen LogP contribution is 2.23. The average Bonchev–Trinajstić information content (AvgIpc) is 2.88. The van der Waals surface area contributed by atoms with Crippen LogP contribution in [0.25, 0.3) is 0 Å². The van der Waals surface area contributed by atoms with E-state index in [1.54, 1.807) is 14.2 Å². The highest BCUT2D eigenvalue weighted by Gasteiger charge is 2.10. The van der Waals surface area contributed by atoms with Gasteiger partial charge in [-0.05, 0) is 27.7 Å². The van der Waals surface area contributed by atoms with Crippen LogP contribution in [0.3, 0.4) is 0 Å². The Morgan fingerprint density at radius 2 is 1.92 bits per heavy atom. The molecule has 2 N–H and O–H groups in total. The molecule has 0 fully saturated rings. The number of hydrogen-bond donors (Lipinski definition) is 2. The van der Waals surface area contributed by atoms with E-state index in [1.165, 1.54) is 0 Å². The fraction of sp³-hybridized carbons (Fsp3) is 0.471. The lowest BCUT2D eigenvalue weighted by Gasteiger charge is -2.14. The minimum atomic E-state index is 0.470. The number of pyridine rings is 1. The number of nitrogens with zero attached hydrogens (tertiary/aromatic N) is 3. The van der Waals surface area contributed by atoms with Crippen molar-refractivity contribution in [1.29, 1.82) is 0 Å². The molecule has 2 aromatic heterocycles. The lowest BCUT2D eigenvalue weighted by Crippen LogP contribution is -2.36. The van der Waals surface area contributed by atoms with Gasteiger partial charge in [0.15, 0.2) is 5.96 Å². The third-order valence-electron chi connectivity index (χ3n) is 3.88. The van der Waals surface area contributed by atoms with Gasteiger partial charge in [0.2, 0.25) is 5.89 Å². The molecule has 0 saturated carbocycles. The summed E-state index contributed by atoms with van der Waals surface area (Å²) in [7, 11) is 3.39. The van der Waals surface area contributed by atoms with Crippen LogP contribution < -0.4 is 15.4 Å². The van der Waals surface area contributed by atoms with Crippen molar-refractivity contribution in [2.24, 2.45) is 4.99 Å². The Balaban J connectivity index is 1.97. The predicted molar refractivity (Wildman–Crippen MR) is 93.3 cm³/mol. The van der Waals surface area contributed by atoms with E-state index in [9.17, 15) is 0 Å². The van der Waals surface area contributed by atoms with Crippen LogP contribution in [0.5, 0.6) is 5.75 Å². The van der Waals surface area contributed by atoms with Crippen molar-refractivity contribution in [1.82, 2.24) is 20.6 Å². The number of hydrogen-bond acceptors (Lipinski definition) is 5. The topological polar surface area (TPSA) is 84.6 Å². The second-order valence-corrected chi connectivity index (χ2v) is 5.57. The molecule has 0 radical (unpaired) electrons. The second kappa shape index (κ2) is 7.81. The molecular formula is C17H25N5O2. The zero-order chi connectivity index (χ0) is 17.7. The fourth-order valence-electron chi connectivity index (χ4n) is 2.41. The molecule has 0 aliphatic heterocycles. The van der Waals surface area contributed by atoms with Crippen molar-refractivity contribution in [3.63, 3.8) is 0 Å². The van der Waals surface area contributed by atoms with Crippen LogP contribution in [0.4, 0.5) is 0 Å². The van der Waals surface area contributed by atoms with Crippen LogP contribution in [0.15, 0.2) is 15.6 Å². The van der Waals surface area contributed by atoms with Gasteiger partial charge in [-0.25, -0.2) is 4.98 Å². The predicted octanol–water partition coefficient (Wildman–Crippen LogP) is 2.18. The first kappa shape index (κ1) is 17.8. The molecule has 0 unspecified atom stereocenters. The van der Waals surface area contributed by atoms with Gasteiger partial charge in [-0.15, -0.1) is 0 Å². The largest absolute Gasteiger partial charge is 0.496 e. The summed E-state index contributed by atoms with van der Waals surface area (Å²) in [5.41, 5.74) is 3.87. The van der Waals surface area contributed by atoms with Gasteiger partial charge in [-0.2, -0.15) is 0 Å². The number of rotatable bonds is 5. The van der Waals surface area contributed by atoms with Crippen LogP contribution in [-0.4, -0.2) is 30.1 Å². The third kappa shape index (κ3) is 4.04. The summed E-state index contributed by atoms with van der Waals surface area (Å²) in [5.74, 6) is 3.00. The minimum absolute atomic E-state index is 0.470. The van der Waals surface area contributed by atoms with E-state index in [-0.39, 0.29) is 0 Å². The molecule has 2 aromatic rings. The Labute approximate surface area is 142 Å². The molecule has 0 aliphatic carbocycles. The van der Waals surface area contributed by atoms with Crippen molar-refractivity contribution >= 4 is 5.96 Å². The lowest BCUT2D eigenvalue weighted by molar-refractivity contribution is 0.406. The molecule has 0 bridgehead atoms. The van der Waals surface area contributed by atoms with Crippen LogP contribution in [0, 0.1) is 27.7 Å². The summed E-state index contributed by atoms with van der Waals surface area (Å²) in [6.07, 6.45) is 1.82. The van der Waals surface area contributed by atoms with Gasteiger partial charge in [0, 0.05) is 24.4 Å². The number of aliphatic imine (C=N–C) groups is 1. The molecule has 0 aromatic carbocycles. The van der Waals surface area contributed by atoms with Gasteiger partial charge >= 0.3 is 0 Å². The SMILES string of the molecule is CN=C(NCc1nc(C)c(C)o1)NCc1ncc(C)c(OC)c1C. The quantitative estimate of drug-likeness (QED) is 0.645. The highest BCUT2D eigenvalue weighted by molar-refractivity contribution is 5.79. The van der Waals surface area contributed by atoms with Crippen molar-refractivity contribution in [3.05, 3.63) is 40.4 Å². The molecular weight excluding hydrogens is 306 g/mol. The summed E-state index contributed by atoms with van der Waals surface area (Å²) in [5, 5.41) is 6.42. The molecule has 0 aliphatic rings. The van der Waals surface area contributed by atoms with Gasteiger partial charge in [-0.3, -0.25) is 9.98 Å². The Hall–Kier alpha value is -2.57. The standard InChI is InChI=1S/C17H25N5O2/c1-10-7-19-14(11(2)16(10)23-6)8-20-17(18-5)21-9-15-22-12(3)13(4)24-15/h7H,8-9H2,1-6H3,(H2,18,20,21). The van der Waals surface area contributed by atoms with E-state index in [4.69, 9.17) is 9.15 Å². The first-order valence-electron chi connectivity index (χ1n) is 7.82. The molecule has 2 heterocycles. The van der Waals surface area contributed by atoms with Gasteiger partial charge in [-0.1, -0.05) is 0 Å². The normalized spacial score (nSPS) is 11.5. The number of oxazole rings is 1. The van der Waals surface area contributed by atoms with Crippen molar-refractivity contribution in [2.75, 3.05) is 14.2 Å². The molecule has 7 heteroatoms. The molecule has 2 rings (SSSR count). The van der Waals surface area contributed by atoms with E-state index >= 15 is 0 Å². The molecule has 7 nitrogen and oxygen atoms in total. The van der Waals surface area contributed by atoms with E-state index in [2.05, 4.69) is 25.6 Å². The average molecular weight is 331 g/mol.